The minimum absolute atomic E-state index is 0.447. The Balaban J connectivity index is 2.67. The first-order valence-electron chi connectivity index (χ1n) is 5.92. The summed E-state index contributed by atoms with van der Waals surface area (Å²) in [7, 11) is 3.89. The molecule has 98 valence electrons. The molecule has 0 amide bonds. The lowest BCUT2D eigenvalue weighted by molar-refractivity contribution is 0.615. The second-order valence-electron chi connectivity index (χ2n) is 4.55. The van der Waals surface area contributed by atoms with E-state index in [9.17, 15) is 0 Å². The molecular formula is C12H22ClN3S. The van der Waals surface area contributed by atoms with Crippen molar-refractivity contribution in [2.24, 2.45) is 7.05 Å². The van der Waals surface area contributed by atoms with E-state index >= 15 is 0 Å². The first-order valence-corrected chi connectivity index (χ1v) is 7.35. The van der Waals surface area contributed by atoms with Crippen LogP contribution in [0.2, 0.25) is 5.15 Å². The smallest absolute Gasteiger partial charge is 0.130 e. The van der Waals surface area contributed by atoms with E-state index in [1.807, 2.05) is 32.8 Å². The number of aromatic nitrogens is 2. The quantitative estimate of drug-likeness (QED) is 0.866. The summed E-state index contributed by atoms with van der Waals surface area (Å²) in [6, 6.07) is 0.447. The number of aryl methyl sites for hydroxylation is 2. The van der Waals surface area contributed by atoms with Crippen molar-refractivity contribution in [3.8, 4) is 0 Å². The van der Waals surface area contributed by atoms with Crippen molar-refractivity contribution < 1.29 is 0 Å². The maximum absolute atomic E-state index is 6.24. The lowest BCUT2D eigenvalue weighted by Crippen LogP contribution is -2.30. The third-order valence-corrected chi connectivity index (χ3v) is 4.49. The fourth-order valence-electron chi connectivity index (χ4n) is 1.71. The maximum Gasteiger partial charge on any atom is 0.130 e. The number of thioether (sulfide) groups is 1. The van der Waals surface area contributed by atoms with Gasteiger partial charge in [-0.2, -0.15) is 16.9 Å². The molecule has 0 radical (unpaired) electrons. The molecule has 0 aliphatic carbocycles. The Kier molecular flexibility index (Phi) is 5.83. The third kappa shape index (κ3) is 4.19. The molecule has 1 aromatic rings. The van der Waals surface area contributed by atoms with Crippen molar-refractivity contribution >= 4 is 23.4 Å². The molecule has 0 saturated carbocycles. The first kappa shape index (κ1) is 14.9. The van der Waals surface area contributed by atoms with Gasteiger partial charge in [0, 0.05) is 24.4 Å². The molecule has 5 heteroatoms. The van der Waals surface area contributed by atoms with Crippen LogP contribution in [0.25, 0.3) is 0 Å². The highest BCUT2D eigenvalue weighted by Crippen LogP contribution is 2.21. The van der Waals surface area contributed by atoms with Crippen LogP contribution >= 0.6 is 23.4 Å². The van der Waals surface area contributed by atoms with E-state index in [2.05, 4.69) is 24.3 Å². The zero-order valence-corrected chi connectivity index (χ0v) is 12.8. The van der Waals surface area contributed by atoms with Gasteiger partial charge in [0.05, 0.1) is 5.69 Å². The summed E-state index contributed by atoms with van der Waals surface area (Å²) in [6.45, 7) is 6.46. The van der Waals surface area contributed by atoms with Gasteiger partial charge in [-0.15, -0.1) is 0 Å². The van der Waals surface area contributed by atoms with Gasteiger partial charge < -0.3 is 5.32 Å². The van der Waals surface area contributed by atoms with E-state index in [0.717, 1.165) is 28.6 Å². The summed E-state index contributed by atoms with van der Waals surface area (Å²) in [5.41, 5.74) is 2.20. The number of likely N-dealkylation sites (N-methyl/N-ethyl adjacent to an activating group) is 1. The van der Waals surface area contributed by atoms with Crippen LogP contribution in [-0.2, 0) is 13.5 Å². The molecule has 0 fully saturated rings. The van der Waals surface area contributed by atoms with E-state index in [1.54, 1.807) is 4.68 Å². The first-order chi connectivity index (χ1) is 7.95. The number of nitrogens with zero attached hydrogens (tertiary/aromatic N) is 2. The molecule has 1 aromatic heterocycles. The van der Waals surface area contributed by atoms with Gasteiger partial charge in [-0.3, -0.25) is 4.68 Å². The predicted octanol–water partition coefficient (Wildman–Crippen LogP) is 2.65. The average Bonchev–Trinajstić information content (AvgIpc) is 2.49. The molecular weight excluding hydrogens is 254 g/mol. The Bertz CT molecular complexity index is 363. The highest BCUT2D eigenvalue weighted by molar-refractivity contribution is 7.99. The van der Waals surface area contributed by atoms with Crippen molar-refractivity contribution in [3.63, 3.8) is 0 Å². The minimum atomic E-state index is 0.447. The van der Waals surface area contributed by atoms with Crippen molar-refractivity contribution in [2.45, 2.75) is 38.5 Å². The van der Waals surface area contributed by atoms with Gasteiger partial charge in [0.2, 0.25) is 0 Å². The normalized spacial score (nSPS) is 13.4. The Labute approximate surface area is 113 Å². The molecule has 0 aliphatic rings. The fourth-order valence-corrected chi connectivity index (χ4v) is 2.86. The van der Waals surface area contributed by atoms with Crippen LogP contribution in [0.5, 0.6) is 0 Å². The van der Waals surface area contributed by atoms with Crippen LogP contribution in [-0.4, -0.2) is 33.9 Å². The number of hydrogen-bond acceptors (Lipinski definition) is 3. The van der Waals surface area contributed by atoms with Crippen molar-refractivity contribution in [1.29, 1.82) is 0 Å². The Morgan fingerprint density at radius 1 is 1.47 bits per heavy atom. The monoisotopic (exact) mass is 275 g/mol. The fraction of sp³-hybridized carbons (Fsp3) is 0.750. The lowest BCUT2D eigenvalue weighted by atomic mass is 10.1. The van der Waals surface area contributed by atoms with Gasteiger partial charge >= 0.3 is 0 Å². The van der Waals surface area contributed by atoms with Crippen LogP contribution < -0.4 is 5.32 Å². The Hall–Kier alpha value is -0.190. The van der Waals surface area contributed by atoms with Gasteiger partial charge in [0.15, 0.2) is 0 Å². The molecule has 0 saturated heterocycles. The zero-order chi connectivity index (χ0) is 13.0. The standard InChI is InChI=1S/C12H22ClN3S/c1-8(2)17-7-10(14-4)6-11-9(3)15-16(5)12(11)13/h8,10,14H,6-7H2,1-5H3. The van der Waals surface area contributed by atoms with E-state index in [1.165, 1.54) is 0 Å². The number of nitrogens with one attached hydrogen (secondary N) is 1. The molecule has 1 unspecified atom stereocenters. The highest BCUT2D eigenvalue weighted by atomic mass is 35.5. The molecule has 1 N–H and O–H groups in total. The van der Waals surface area contributed by atoms with E-state index < -0.39 is 0 Å². The van der Waals surface area contributed by atoms with Crippen molar-refractivity contribution in [1.82, 2.24) is 15.1 Å². The number of halogens is 1. The molecule has 0 aliphatic heterocycles. The maximum atomic E-state index is 6.24. The van der Waals surface area contributed by atoms with Crippen molar-refractivity contribution in [2.75, 3.05) is 12.8 Å². The van der Waals surface area contributed by atoms with Crippen LogP contribution in [0, 0.1) is 6.92 Å². The van der Waals surface area contributed by atoms with Gasteiger partial charge in [-0.1, -0.05) is 25.4 Å². The molecule has 0 spiro atoms. The van der Waals surface area contributed by atoms with Gasteiger partial charge in [0.1, 0.15) is 5.15 Å². The van der Waals surface area contributed by atoms with Crippen LogP contribution in [0.4, 0.5) is 0 Å². The SMILES string of the molecule is CNC(CSC(C)C)Cc1c(C)nn(C)c1Cl. The Morgan fingerprint density at radius 3 is 2.53 bits per heavy atom. The minimum Gasteiger partial charge on any atom is -0.316 e. The molecule has 0 aromatic carbocycles. The van der Waals surface area contributed by atoms with E-state index in [0.29, 0.717) is 11.3 Å². The van der Waals surface area contributed by atoms with Gasteiger partial charge in [-0.25, -0.2) is 0 Å². The molecule has 1 heterocycles. The second kappa shape index (κ2) is 6.66. The summed E-state index contributed by atoms with van der Waals surface area (Å²) >= 11 is 8.21. The van der Waals surface area contributed by atoms with Crippen LogP contribution in [0.3, 0.4) is 0 Å². The van der Waals surface area contributed by atoms with Crippen LogP contribution in [0.1, 0.15) is 25.1 Å². The summed E-state index contributed by atoms with van der Waals surface area (Å²) in [5.74, 6) is 1.10. The third-order valence-electron chi connectivity index (χ3n) is 2.76. The highest BCUT2D eigenvalue weighted by Gasteiger charge is 2.16. The summed E-state index contributed by atoms with van der Waals surface area (Å²) in [4.78, 5) is 0. The molecule has 17 heavy (non-hydrogen) atoms. The van der Waals surface area contributed by atoms with Crippen LogP contribution in [0.15, 0.2) is 0 Å². The van der Waals surface area contributed by atoms with E-state index in [4.69, 9.17) is 11.6 Å². The van der Waals surface area contributed by atoms with Gasteiger partial charge in [-0.05, 0) is 25.6 Å². The number of hydrogen-bond donors (Lipinski definition) is 1. The molecule has 0 bridgehead atoms. The predicted molar refractivity (Wildman–Crippen MR) is 77.1 cm³/mol. The lowest BCUT2D eigenvalue weighted by Gasteiger charge is -2.17. The summed E-state index contributed by atoms with van der Waals surface area (Å²) in [5, 5.41) is 9.12. The molecule has 1 rings (SSSR count). The van der Waals surface area contributed by atoms with Crippen molar-refractivity contribution in [3.05, 3.63) is 16.4 Å². The summed E-state index contributed by atoms with van der Waals surface area (Å²) in [6.07, 6.45) is 0.939. The topological polar surface area (TPSA) is 29.9 Å². The number of rotatable bonds is 6. The van der Waals surface area contributed by atoms with E-state index in [-0.39, 0.29) is 0 Å². The average molecular weight is 276 g/mol. The summed E-state index contributed by atoms with van der Waals surface area (Å²) < 4.78 is 1.74. The zero-order valence-electron chi connectivity index (χ0n) is 11.2. The molecule has 3 nitrogen and oxygen atoms in total. The van der Waals surface area contributed by atoms with Gasteiger partial charge in [0.25, 0.3) is 0 Å². The Morgan fingerprint density at radius 2 is 2.12 bits per heavy atom. The molecule has 1 atom stereocenters. The largest absolute Gasteiger partial charge is 0.316 e. The second-order valence-corrected chi connectivity index (χ2v) is 6.52.